The monoisotopic (exact) mass is 473 g/mol. The van der Waals surface area contributed by atoms with E-state index in [1.807, 2.05) is 19.9 Å². The van der Waals surface area contributed by atoms with Crippen LogP contribution in [0.25, 0.3) is 0 Å². The van der Waals surface area contributed by atoms with Gasteiger partial charge in [-0.1, -0.05) is 54.7 Å². The fraction of sp³-hybridized carbons (Fsp3) is 0.250. The van der Waals surface area contributed by atoms with Crippen LogP contribution in [0.2, 0.25) is 15.1 Å². The molecule has 1 aromatic heterocycles. The molecule has 0 bridgehead atoms. The van der Waals surface area contributed by atoms with E-state index in [2.05, 4.69) is 10.1 Å². The number of aromatic nitrogens is 3. The zero-order valence-corrected chi connectivity index (χ0v) is 18.8. The minimum atomic E-state index is -0.982. The lowest BCUT2D eigenvalue weighted by atomic mass is 9.81. The first-order chi connectivity index (χ1) is 13.3. The zero-order valence-electron chi connectivity index (χ0n) is 15.7. The van der Waals surface area contributed by atoms with Crippen molar-refractivity contribution in [2.45, 2.75) is 26.5 Å². The summed E-state index contributed by atoms with van der Waals surface area (Å²) in [4.78, 5) is 17.3. The van der Waals surface area contributed by atoms with Crippen LogP contribution >= 0.6 is 47.2 Å². The highest BCUT2D eigenvalue weighted by Crippen LogP contribution is 2.33. The van der Waals surface area contributed by atoms with E-state index in [1.165, 1.54) is 17.3 Å². The van der Waals surface area contributed by atoms with Crippen LogP contribution < -0.4 is 4.74 Å². The summed E-state index contributed by atoms with van der Waals surface area (Å²) < 4.78 is 7.34. The van der Waals surface area contributed by atoms with Crippen molar-refractivity contribution >= 4 is 53.0 Å². The number of ether oxygens (including phenoxy) is 1. The molecule has 0 aliphatic heterocycles. The van der Waals surface area contributed by atoms with E-state index in [0.29, 0.717) is 27.2 Å². The van der Waals surface area contributed by atoms with E-state index < -0.39 is 11.6 Å². The van der Waals surface area contributed by atoms with Crippen LogP contribution in [0.5, 0.6) is 5.75 Å². The fourth-order valence-corrected chi connectivity index (χ4v) is 3.37. The summed E-state index contributed by atoms with van der Waals surface area (Å²) in [5.41, 5.74) is 0.0359. The van der Waals surface area contributed by atoms with Gasteiger partial charge in [0.2, 0.25) is 5.78 Å². The van der Waals surface area contributed by atoms with Crippen molar-refractivity contribution < 1.29 is 9.53 Å². The minimum Gasteiger partial charge on any atom is -0.461 e. The van der Waals surface area contributed by atoms with E-state index in [1.54, 1.807) is 36.4 Å². The number of carbonyl (C=O) groups excluding carboxylic acids is 1. The molecule has 0 amide bonds. The highest BCUT2D eigenvalue weighted by atomic mass is 35.5. The number of ketones is 1. The third kappa shape index (κ3) is 5.86. The smallest absolute Gasteiger partial charge is 0.252 e. The first kappa shape index (κ1) is 23.5. The van der Waals surface area contributed by atoms with E-state index in [9.17, 15) is 4.79 Å². The van der Waals surface area contributed by atoms with Gasteiger partial charge in [-0.15, -0.1) is 12.4 Å². The van der Waals surface area contributed by atoms with Crippen molar-refractivity contribution in [3.8, 4) is 5.75 Å². The normalized spacial score (nSPS) is 12.2. The molecule has 0 fully saturated rings. The molecule has 0 spiro atoms. The van der Waals surface area contributed by atoms with Gasteiger partial charge in [0.25, 0.3) is 6.23 Å². The molecule has 5 nitrogen and oxygen atoms in total. The lowest BCUT2D eigenvalue weighted by Gasteiger charge is -2.29. The van der Waals surface area contributed by atoms with Crippen LogP contribution in [0, 0.1) is 5.41 Å². The molecule has 3 rings (SSSR count). The Kier molecular flexibility index (Phi) is 7.94. The maximum atomic E-state index is 13.4. The van der Waals surface area contributed by atoms with Crippen LogP contribution in [0.15, 0.2) is 55.1 Å². The molecule has 3 aromatic rings. The second-order valence-electron chi connectivity index (χ2n) is 6.96. The number of Topliss-reactive ketones (excluding diaryl/α,β-unsaturated/α-hetero) is 1. The molecule has 1 heterocycles. The van der Waals surface area contributed by atoms with Gasteiger partial charge in [-0.25, -0.2) is 9.67 Å². The number of hydrogen-bond donors (Lipinski definition) is 0. The Hall–Kier alpha value is -1.79. The van der Waals surface area contributed by atoms with Gasteiger partial charge in [-0.05, 0) is 48.4 Å². The van der Waals surface area contributed by atoms with Gasteiger partial charge in [0.15, 0.2) is 0 Å². The number of hydrogen-bond acceptors (Lipinski definition) is 4. The molecule has 0 aliphatic rings. The molecule has 9 heteroatoms. The molecule has 0 N–H and O–H groups in total. The third-order valence-corrected chi connectivity index (χ3v) is 5.12. The SMILES string of the molecule is CC(C)(Cc1ccc(Cl)cc1Cl)C(=O)C(Oc1ccc(Cl)cc1)n1cncn1.Cl. The molecule has 1 unspecified atom stereocenters. The average Bonchev–Trinajstić information content (AvgIpc) is 3.17. The first-order valence-corrected chi connectivity index (χ1v) is 9.64. The van der Waals surface area contributed by atoms with Crippen molar-refractivity contribution in [1.82, 2.24) is 14.8 Å². The van der Waals surface area contributed by atoms with Crippen molar-refractivity contribution in [3.63, 3.8) is 0 Å². The van der Waals surface area contributed by atoms with Crippen LogP contribution in [0.4, 0.5) is 0 Å². The van der Waals surface area contributed by atoms with Gasteiger partial charge in [0.1, 0.15) is 18.4 Å². The van der Waals surface area contributed by atoms with Gasteiger partial charge in [-0.2, -0.15) is 5.10 Å². The molecule has 154 valence electrons. The van der Waals surface area contributed by atoms with Crippen molar-refractivity contribution in [2.24, 2.45) is 5.41 Å². The van der Waals surface area contributed by atoms with Crippen molar-refractivity contribution in [2.75, 3.05) is 0 Å². The molecule has 0 aliphatic carbocycles. The maximum Gasteiger partial charge on any atom is 0.252 e. The summed E-state index contributed by atoms with van der Waals surface area (Å²) >= 11 is 18.2. The fourth-order valence-electron chi connectivity index (χ4n) is 2.77. The van der Waals surface area contributed by atoms with Gasteiger partial charge in [0, 0.05) is 20.5 Å². The molecule has 0 saturated carbocycles. The van der Waals surface area contributed by atoms with E-state index in [4.69, 9.17) is 39.5 Å². The highest BCUT2D eigenvalue weighted by Gasteiger charge is 2.37. The Balaban J connectivity index is 0.00000300. The topological polar surface area (TPSA) is 57.0 Å². The molecule has 0 saturated heterocycles. The summed E-state index contributed by atoms with van der Waals surface area (Å²) in [5, 5.41) is 5.73. The average molecular weight is 475 g/mol. The van der Waals surface area contributed by atoms with Crippen molar-refractivity contribution in [1.29, 1.82) is 0 Å². The maximum absolute atomic E-state index is 13.4. The summed E-state index contributed by atoms with van der Waals surface area (Å²) in [6.45, 7) is 3.69. The third-order valence-electron chi connectivity index (χ3n) is 4.28. The molecular formula is C20H19Cl4N3O2. The lowest BCUT2D eigenvalue weighted by Crippen LogP contribution is -2.37. The number of nitrogens with zero attached hydrogens (tertiary/aromatic N) is 3. The second kappa shape index (κ2) is 9.81. The Morgan fingerprint density at radius 2 is 1.76 bits per heavy atom. The van der Waals surface area contributed by atoms with Crippen LogP contribution in [0.3, 0.4) is 0 Å². The number of benzene rings is 2. The first-order valence-electron chi connectivity index (χ1n) is 8.51. The standard InChI is InChI=1S/C20H18Cl3N3O2.ClH/c1-20(2,10-13-3-4-15(22)9-17(13)23)18(27)19(26-12-24-11-25-26)28-16-7-5-14(21)6-8-16;/h3-9,11-12,19H,10H2,1-2H3;1H. The van der Waals surface area contributed by atoms with Gasteiger partial charge in [-0.3, -0.25) is 4.79 Å². The number of carbonyl (C=O) groups is 1. The lowest BCUT2D eigenvalue weighted by molar-refractivity contribution is -0.139. The summed E-state index contributed by atoms with van der Waals surface area (Å²) in [7, 11) is 0. The highest BCUT2D eigenvalue weighted by molar-refractivity contribution is 6.35. The van der Waals surface area contributed by atoms with Crippen LogP contribution in [-0.2, 0) is 11.2 Å². The van der Waals surface area contributed by atoms with Gasteiger partial charge >= 0.3 is 0 Å². The molecular weight excluding hydrogens is 456 g/mol. The van der Waals surface area contributed by atoms with E-state index in [0.717, 1.165) is 5.56 Å². The van der Waals surface area contributed by atoms with Crippen LogP contribution in [-0.4, -0.2) is 20.5 Å². The molecule has 29 heavy (non-hydrogen) atoms. The number of halogens is 4. The number of rotatable bonds is 7. The Morgan fingerprint density at radius 3 is 2.34 bits per heavy atom. The van der Waals surface area contributed by atoms with E-state index >= 15 is 0 Å². The summed E-state index contributed by atoms with van der Waals surface area (Å²) in [6.07, 6.45) is 2.24. The minimum absolute atomic E-state index is 0. The van der Waals surface area contributed by atoms with Crippen molar-refractivity contribution in [3.05, 3.63) is 75.8 Å². The zero-order chi connectivity index (χ0) is 20.3. The van der Waals surface area contributed by atoms with Gasteiger partial charge < -0.3 is 4.74 Å². The largest absolute Gasteiger partial charge is 0.461 e. The predicted octanol–water partition coefficient (Wildman–Crippen LogP) is 6.08. The molecule has 1 atom stereocenters. The second-order valence-corrected chi connectivity index (χ2v) is 8.24. The Bertz CT molecular complexity index is 960. The van der Waals surface area contributed by atoms with Crippen LogP contribution in [0.1, 0.15) is 25.6 Å². The van der Waals surface area contributed by atoms with Gasteiger partial charge in [0.05, 0.1) is 0 Å². The quantitative estimate of drug-likeness (QED) is 0.416. The summed E-state index contributed by atoms with van der Waals surface area (Å²) in [5.74, 6) is 0.331. The summed E-state index contributed by atoms with van der Waals surface area (Å²) in [6, 6.07) is 12.0. The Labute approximate surface area is 190 Å². The molecule has 0 radical (unpaired) electrons. The predicted molar refractivity (Wildman–Crippen MR) is 117 cm³/mol. The van der Waals surface area contributed by atoms with E-state index in [-0.39, 0.29) is 18.2 Å². The Morgan fingerprint density at radius 1 is 1.10 bits per heavy atom. The molecule has 2 aromatic carbocycles.